The van der Waals surface area contributed by atoms with Crippen LogP contribution in [0.2, 0.25) is 0 Å². The quantitative estimate of drug-likeness (QED) is 0.732. The Morgan fingerprint density at radius 2 is 2.20 bits per heavy atom. The fourth-order valence-corrected chi connectivity index (χ4v) is 2.49. The van der Waals surface area contributed by atoms with Crippen molar-refractivity contribution in [2.24, 2.45) is 11.8 Å². The van der Waals surface area contributed by atoms with Crippen LogP contribution >= 0.6 is 0 Å². The Morgan fingerprint density at radius 3 is 2.73 bits per heavy atom. The van der Waals surface area contributed by atoms with Gasteiger partial charge in [-0.25, -0.2) is 8.42 Å². The van der Waals surface area contributed by atoms with Crippen LogP contribution in [0.3, 0.4) is 0 Å². The Morgan fingerprint density at radius 1 is 1.53 bits per heavy atom. The van der Waals surface area contributed by atoms with E-state index in [-0.39, 0.29) is 5.92 Å². The molecule has 1 heterocycles. The molecule has 1 rings (SSSR count). The van der Waals surface area contributed by atoms with E-state index in [0.29, 0.717) is 32.2 Å². The molecule has 0 amide bonds. The molecule has 0 aromatic carbocycles. The minimum absolute atomic E-state index is 0.266. The number of nitrogens with zero attached hydrogens (tertiary/aromatic N) is 1. The molecule has 4 nitrogen and oxygen atoms in total. The van der Waals surface area contributed by atoms with Crippen LogP contribution in [0.1, 0.15) is 13.8 Å². The molecule has 0 aromatic heterocycles. The molecule has 1 atom stereocenters. The van der Waals surface area contributed by atoms with E-state index in [2.05, 4.69) is 20.4 Å². The molecule has 0 radical (unpaired) electrons. The van der Waals surface area contributed by atoms with Gasteiger partial charge >= 0.3 is 0 Å². The van der Waals surface area contributed by atoms with Crippen molar-refractivity contribution in [3.8, 4) is 0 Å². The lowest BCUT2D eigenvalue weighted by molar-refractivity contribution is 0.108. The fraction of sp³-hybridized carbons (Fsp3) is 0.800. The third kappa shape index (κ3) is 3.29. The number of sulfonamides is 1. The van der Waals surface area contributed by atoms with Gasteiger partial charge in [0, 0.05) is 18.5 Å². The van der Waals surface area contributed by atoms with Crippen LogP contribution in [0, 0.1) is 11.8 Å². The van der Waals surface area contributed by atoms with Crippen LogP contribution in [-0.4, -0.2) is 39.0 Å². The molecule has 1 fully saturated rings. The van der Waals surface area contributed by atoms with E-state index < -0.39 is 10.0 Å². The molecule has 0 spiro atoms. The van der Waals surface area contributed by atoms with Gasteiger partial charge in [0.25, 0.3) is 0 Å². The standard InChI is InChI=1S/C10H19NO3S/c1-4-15(12,13)11-5-6-14-8-10(7-11)9(2)3/h4,9-10H,1,5-8H2,2-3H3. The van der Waals surface area contributed by atoms with Crippen molar-refractivity contribution >= 4 is 10.0 Å². The minimum Gasteiger partial charge on any atom is -0.380 e. The molecule has 0 N–H and O–H groups in total. The van der Waals surface area contributed by atoms with Gasteiger partial charge < -0.3 is 4.74 Å². The van der Waals surface area contributed by atoms with Gasteiger partial charge in [0.2, 0.25) is 10.0 Å². The van der Waals surface area contributed by atoms with E-state index >= 15 is 0 Å². The molecule has 1 unspecified atom stereocenters. The van der Waals surface area contributed by atoms with Crippen molar-refractivity contribution in [3.63, 3.8) is 0 Å². The van der Waals surface area contributed by atoms with Gasteiger partial charge in [0.05, 0.1) is 13.2 Å². The smallest absolute Gasteiger partial charge is 0.235 e. The van der Waals surface area contributed by atoms with Gasteiger partial charge in [-0.2, -0.15) is 4.31 Å². The van der Waals surface area contributed by atoms with E-state index in [0.717, 1.165) is 5.41 Å². The molecule has 1 aliphatic rings. The van der Waals surface area contributed by atoms with Crippen molar-refractivity contribution in [1.82, 2.24) is 4.31 Å². The first-order valence-electron chi connectivity index (χ1n) is 5.17. The molecule has 1 aliphatic heterocycles. The lowest BCUT2D eigenvalue weighted by Gasteiger charge is -2.23. The summed E-state index contributed by atoms with van der Waals surface area (Å²) >= 11 is 0. The third-order valence-corrected chi connectivity index (χ3v) is 4.24. The van der Waals surface area contributed by atoms with Crippen LogP contribution < -0.4 is 0 Å². The van der Waals surface area contributed by atoms with Crippen molar-refractivity contribution in [2.45, 2.75) is 13.8 Å². The van der Waals surface area contributed by atoms with Crippen LogP contribution in [0.4, 0.5) is 0 Å². The zero-order valence-corrected chi connectivity index (χ0v) is 10.2. The van der Waals surface area contributed by atoms with Crippen molar-refractivity contribution < 1.29 is 13.2 Å². The van der Waals surface area contributed by atoms with Crippen LogP contribution in [0.15, 0.2) is 12.0 Å². The molecule has 0 aliphatic carbocycles. The van der Waals surface area contributed by atoms with Crippen molar-refractivity contribution in [1.29, 1.82) is 0 Å². The van der Waals surface area contributed by atoms with Crippen molar-refractivity contribution in [3.05, 3.63) is 12.0 Å². The van der Waals surface area contributed by atoms with Crippen molar-refractivity contribution in [2.75, 3.05) is 26.3 Å². The largest absolute Gasteiger partial charge is 0.380 e. The monoisotopic (exact) mass is 233 g/mol. The van der Waals surface area contributed by atoms with Gasteiger partial charge in [0.1, 0.15) is 0 Å². The van der Waals surface area contributed by atoms with E-state index in [1.54, 1.807) is 0 Å². The van der Waals surface area contributed by atoms with Gasteiger partial charge in [-0.15, -0.1) is 0 Å². The molecule has 15 heavy (non-hydrogen) atoms. The zero-order chi connectivity index (χ0) is 11.5. The van der Waals surface area contributed by atoms with Crippen LogP contribution in [0.5, 0.6) is 0 Å². The van der Waals surface area contributed by atoms with Gasteiger partial charge in [-0.3, -0.25) is 0 Å². The maximum atomic E-state index is 11.6. The first-order chi connectivity index (χ1) is 6.97. The number of hydrogen-bond acceptors (Lipinski definition) is 3. The van der Waals surface area contributed by atoms with E-state index in [1.165, 1.54) is 4.31 Å². The second-order valence-corrected chi connectivity index (χ2v) is 6.03. The second-order valence-electron chi connectivity index (χ2n) is 4.15. The zero-order valence-electron chi connectivity index (χ0n) is 9.35. The summed E-state index contributed by atoms with van der Waals surface area (Å²) in [6.45, 7) is 9.57. The number of ether oxygens (including phenoxy) is 1. The highest BCUT2D eigenvalue weighted by molar-refractivity contribution is 7.92. The molecule has 5 heteroatoms. The third-order valence-electron chi connectivity index (χ3n) is 2.77. The first kappa shape index (κ1) is 12.7. The molecule has 0 saturated carbocycles. The second kappa shape index (κ2) is 5.09. The Balaban J connectivity index is 2.78. The summed E-state index contributed by atoms with van der Waals surface area (Å²) in [5.41, 5.74) is 0. The Hall–Kier alpha value is -0.390. The average molecular weight is 233 g/mol. The maximum Gasteiger partial charge on any atom is 0.235 e. The minimum atomic E-state index is -3.29. The predicted octanol–water partition coefficient (Wildman–Crippen LogP) is 1.06. The molecule has 0 aromatic rings. The van der Waals surface area contributed by atoms with Gasteiger partial charge in [-0.1, -0.05) is 20.4 Å². The highest BCUT2D eigenvalue weighted by atomic mass is 32.2. The lowest BCUT2D eigenvalue weighted by atomic mass is 9.97. The highest BCUT2D eigenvalue weighted by Gasteiger charge is 2.27. The Kier molecular flexibility index (Phi) is 4.31. The summed E-state index contributed by atoms with van der Waals surface area (Å²) in [6, 6.07) is 0. The van der Waals surface area contributed by atoms with E-state index in [9.17, 15) is 8.42 Å². The molecular formula is C10H19NO3S. The van der Waals surface area contributed by atoms with E-state index in [1.807, 2.05) is 0 Å². The fourth-order valence-electron chi connectivity index (χ4n) is 1.55. The molecule has 1 saturated heterocycles. The first-order valence-corrected chi connectivity index (χ1v) is 6.68. The molecule has 0 bridgehead atoms. The Labute approximate surface area is 92.0 Å². The average Bonchev–Trinajstić information content (AvgIpc) is 2.43. The summed E-state index contributed by atoms with van der Waals surface area (Å²) in [6.07, 6.45) is 0. The predicted molar refractivity (Wildman–Crippen MR) is 59.8 cm³/mol. The van der Waals surface area contributed by atoms with Crippen LogP contribution in [0.25, 0.3) is 0 Å². The number of hydrogen-bond donors (Lipinski definition) is 0. The van der Waals surface area contributed by atoms with Gasteiger partial charge in [-0.05, 0) is 11.8 Å². The normalized spacial score (nSPS) is 25.1. The number of rotatable bonds is 3. The summed E-state index contributed by atoms with van der Waals surface area (Å²) in [5, 5.41) is 1.01. The van der Waals surface area contributed by atoms with E-state index in [4.69, 9.17) is 4.74 Å². The maximum absolute atomic E-state index is 11.6. The topological polar surface area (TPSA) is 46.6 Å². The molecule has 88 valence electrons. The highest BCUT2D eigenvalue weighted by Crippen LogP contribution is 2.18. The summed E-state index contributed by atoms with van der Waals surface area (Å²) < 4.78 is 30.1. The summed E-state index contributed by atoms with van der Waals surface area (Å²) in [5.74, 6) is 0.688. The summed E-state index contributed by atoms with van der Waals surface area (Å²) in [4.78, 5) is 0. The molecular weight excluding hydrogens is 214 g/mol. The summed E-state index contributed by atoms with van der Waals surface area (Å²) in [7, 11) is -3.29. The van der Waals surface area contributed by atoms with Crippen LogP contribution in [-0.2, 0) is 14.8 Å². The van der Waals surface area contributed by atoms with Gasteiger partial charge in [0.15, 0.2) is 0 Å². The SMILES string of the molecule is C=CS(=O)(=O)N1CCOCC(C(C)C)C1. The lowest BCUT2D eigenvalue weighted by Crippen LogP contribution is -2.35. The Bertz CT molecular complexity index is 311.